The number of carbonyl (C=O) groups excluding carboxylic acids is 1. The van der Waals surface area contributed by atoms with Gasteiger partial charge >= 0.3 is 0 Å². The number of rotatable bonds is 7. The van der Waals surface area contributed by atoms with E-state index in [0.717, 1.165) is 0 Å². The Bertz CT molecular complexity index is 1040. The van der Waals surface area contributed by atoms with E-state index in [1.807, 2.05) is 12.1 Å². The van der Waals surface area contributed by atoms with Crippen molar-refractivity contribution in [2.75, 3.05) is 46.4 Å². The number of ether oxygens (including phenoxy) is 3. The minimum Gasteiger partial charge on any atom is -0.497 e. The number of hydrogen-bond acceptors (Lipinski definition) is 6. The number of benzene rings is 2. The van der Waals surface area contributed by atoms with Gasteiger partial charge in [-0.05, 0) is 37.1 Å². The molecule has 2 aromatic carbocycles. The number of methoxy groups -OCH3 is 3. The Morgan fingerprint density at radius 1 is 1.03 bits per heavy atom. The minimum absolute atomic E-state index is 0.111. The number of hydrogen-bond donors (Lipinski definition) is 0. The molecule has 1 aliphatic rings. The maximum absolute atomic E-state index is 13.2. The number of carbonyl (C=O) groups is 1. The van der Waals surface area contributed by atoms with Gasteiger partial charge in [-0.1, -0.05) is 6.07 Å². The third-order valence-electron chi connectivity index (χ3n) is 5.50. The SMILES string of the molecule is COc1cccc(N(C)C(=O)[C@@H]2CCCN(S(=O)(=O)c3ccc(OC)c(OC)c3)C2)c1. The zero-order chi connectivity index (χ0) is 22.6. The van der Waals surface area contributed by atoms with E-state index in [1.165, 1.54) is 30.7 Å². The number of anilines is 1. The monoisotopic (exact) mass is 448 g/mol. The van der Waals surface area contributed by atoms with Crippen molar-refractivity contribution < 1.29 is 27.4 Å². The van der Waals surface area contributed by atoms with Crippen LogP contribution in [0.15, 0.2) is 47.4 Å². The van der Waals surface area contributed by atoms with Crippen molar-refractivity contribution in [1.29, 1.82) is 0 Å². The zero-order valence-corrected chi connectivity index (χ0v) is 19.0. The standard InChI is InChI=1S/C22H28N2O6S/c1-23(17-8-5-9-18(13-17)28-2)22(25)16-7-6-12-24(15-16)31(26,27)19-10-11-20(29-3)21(14-19)30-4/h5,8-11,13-14,16H,6-7,12,15H2,1-4H3/t16-/m1/s1. The highest BCUT2D eigenvalue weighted by molar-refractivity contribution is 7.89. The van der Waals surface area contributed by atoms with E-state index in [-0.39, 0.29) is 17.3 Å². The third kappa shape index (κ3) is 4.77. The van der Waals surface area contributed by atoms with Gasteiger partial charge in [0, 0.05) is 38.0 Å². The Kier molecular flexibility index (Phi) is 7.07. The van der Waals surface area contributed by atoms with Crippen LogP contribution in [0.1, 0.15) is 12.8 Å². The highest BCUT2D eigenvalue weighted by atomic mass is 32.2. The van der Waals surface area contributed by atoms with Crippen molar-refractivity contribution in [2.24, 2.45) is 5.92 Å². The molecule has 0 aromatic heterocycles. The van der Waals surface area contributed by atoms with Gasteiger partial charge in [-0.25, -0.2) is 8.42 Å². The molecule has 1 heterocycles. The predicted molar refractivity (Wildman–Crippen MR) is 117 cm³/mol. The van der Waals surface area contributed by atoms with Crippen LogP contribution in [0.3, 0.4) is 0 Å². The van der Waals surface area contributed by atoms with Gasteiger partial charge in [-0.3, -0.25) is 4.79 Å². The van der Waals surface area contributed by atoms with Crippen LogP contribution < -0.4 is 19.1 Å². The molecule has 0 spiro atoms. The maximum atomic E-state index is 13.2. The molecule has 0 radical (unpaired) electrons. The summed E-state index contributed by atoms with van der Waals surface area (Å²) in [6, 6.07) is 11.7. The summed E-state index contributed by atoms with van der Waals surface area (Å²) in [5, 5.41) is 0. The molecule has 0 unspecified atom stereocenters. The Hall–Kier alpha value is -2.78. The first kappa shape index (κ1) is 22.9. The minimum atomic E-state index is -3.78. The molecule has 31 heavy (non-hydrogen) atoms. The molecule has 1 saturated heterocycles. The average molecular weight is 449 g/mol. The Labute approximate surface area is 183 Å². The molecule has 2 aromatic rings. The first-order chi connectivity index (χ1) is 14.8. The van der Waals surface area contributed by atoms with Gasteiger partial charge in [0.2, 0.25) is 15.9 Å². The van der Waals surface area contributed by atoms with E-state index in [1.54, 1.807) is 37.3 Å². The third-order valence-corrected chi connectivity index (χ3v) is 7.36. The van der Waals surface area contributed by atoms with Gasteiger partial charge in [-0.15, -0.1) is 0 Å². The van der Waals surface area contributed by atoms with E-state index in [4.69, 9.17) is 14.2 Å². The molecule has 3 rings (SSSR count). The maximum Gasteiger partial charge on any atom is 0.243 e. The highest BCUT2D eigenvalue weighted by Crippen LogP contribution is 2.32. The van der Waals surface area contributed by atoms with E-state index >= 15 is 0 Å². The summed E-state index contributed by atoms with van der Waals surface area (Å²) in [4.78, 5) is 14.8. The molecule has 0 bridgehead atoms. The number of amides is 1. The molecule has 1 amide bonds. The predicted octanol–water partition coefficient (Wildman–Crippen LogP) is 2.78. The summed E-state index contributed by atoms with van der Waals surface area (Å²) in [6.45, 7) is 0.493. The molecule has 0 saturated carbocycles. The summed E-state index contributed by atoms with van der Waals surface area (Å²) >= 11 is 0. The fourth-order valence-corrected chi connectivity index (χ4v) is 5.25. The van der Waals surface area contributed by atoms with E-state index in [2.05, 4.69) is 0 Å². The smallest absolute Gasteiger partial charge is 0.243 e. The molecular weight excluding hydrogens is 420 g/mol. The Morgan fingerprint density at radius 2 is 1.77 bits per heavy atom. The van der Waals surface area contributed by atoms with Gasteiger partial charge in [0.05, 0.1) is 32.1 Å². The highest BCUT2D eigenvalue weighted by Gasteiger charge is 2.35. The summed E-state index contributed by atoms with van der Waals surface area (Å²) in [6.07, 6.45) is 1.24. The first-order valence-corrected chi connectivity index (χ1v) is 11.4. The van der Waals surface area contributed by atoms with Crippen molar-refractivity contribution in [3.63, 3.8) is 0 Å². The van der Waals surface area contributed by atoms with E-state index in [9.17, 15) is 13.2 Å². The summed E-state index contributed by atoms with van der Waals surface area (Å²) in [5.41, 5.74) is 0.698. The van der Waals surface area contributed by atoms with Crippen molar-refractivity contribution >= 4 is 21.6 Å². The van der Waals surface area contributed by atoms with Gasteiger partial charge in [0.15, 0.2) is 11.5 Å². The normalized spacial score (nSPS) is 17.1. The zero-order valence-electron chi connectivity index (χ0n) is 18.2. The lowest BCUT2D eigenvalue weighted by Crippen LogP contribution is -2.45. The van der Waals surface area contributed by atoms with Crippen molar-refractivity contribution in [1.82, 2.24) is 4.31 Å². The lowest BCUT2D eigenvalue weighted by Gasteiger charge is -2.33. The van der Waals surface area contributed by atoms with Crippen LogP contribution in [-0.4, -0.2) is 60.1 Å². The molecule has 1 aliphatic heterocycles. The quantitative estimate of drug-likeness (QED) is 0.648. The summed E-state index contributed by atoms with van der Waals surface area (Å²) in [7, 11) is 2.43. The lowest BCUT2D eigenvalue weighted by atomic mass is 9.98. The van der Waals surface area contributed by atoms with Crippen LogP contribution >= 0.6 is 0 Å². The number of nitrogens with zero attached hydrogens (tertiary/aromatic N) is 2. The summed E-state index contributed by atoms with van der Waals surface area (Å²) in [5.74, 6) is 0.887. The van der Waals surface area contributed by atoms with Crippen molar-refractivity contribution in [3.8, 4) is 17.2 Å². The van der Waals surface area contributed by atoms with Gasteiger partial charge in [0.25, 0.3) is 0 Å². The number of sulfonamides is 1. The lowest BCUT2D eigenvalue weighted by molar-refractivity contribution is -0.123. The van der Waals surface area contributed by atoms with Crippen LogP contribution in [-0.2, 0) is 14.8 Å². The van der Waals surface area contributed by atoms with Crippen LogP contribution in [0, 0.1) is 5.92 Å². The second kappa shape index (κ2) is 9.57. The second-order valence-electron chi connectivity index (χ2n) is 7.32. The topological polar surface area (TPSA) is 85.4 Å². The van der Waals surface area contributed by atoms with E-state index in [0.29, 0.717) is 42.3 Å². The molecule has 0 aliphatic carbocycles. The van der Waals surface area contributed by atoms with E-state index < -0.39 is 15.9 Å². The van der Waals surface area contributed by atoms with Crippen LogP contribution in [0.5, 0.6) is 17.2 Å². The average Bonchev–Trinajstić information content (AvgIpc) is 2.82. The molecule has 168 valence electrons. The van der Waals surface area contributed by atoms with Gasteiger partial charge in [0.1, 0.15) is 5.75 Å². The van der Waals surface area contributed by atoms with Crippen LogP contribution in [0.4, 0.5) is 5.69 Å². The van der Waals surface area contributed by atoms with Crippen molar-refractivity contribution in [2.45, 2.75) is 17.7 Å². The second-order valence-corrected chi connectivity index (χ2v) is 9.26. The molecule has 1 atom stereocenters. The molecule has 1 fully saturated rings. The molecule has 0 N–H and O–H groups in total. The Balaban J connectivity index is 1.79. The largest absolute Gasteiger partial charge is 0.497 e. The molecule has 9 heteroatoms. The molecular formula is C22H28N2O6S. The number of piperidine rings is 1. The fraction of sp³-hybridized carbons (Fsp3) is 0.409. The van der Waals surface area contributed by atoms with Crippen LogP contribution in [0.25, 0.3) is 0 Å². The first-order valence-electron chi connectivity index (χ1n) is 9.95. The van der Waals surface area contributed by atoms with Gasteiger partial charge in [-0.2, -0.15) is 4.31 Å². The Morgan fingerprint density at radius 3 is 2.45 bits per heavy atom. The molecule has 8 nitrogen and oxygen atoms in total. The van der Waals surface area contributed by atoms with Gasteiger partial charge < -0.3 is 19.1 Å². The summed E-state index contributed by atoms with van der Waals surface area (Å²) < 4.78 is 43.5. The fourth-order valence-electron chi connectivity index (χ4n) is 3.71. The van der Waals surface area contributed by atoms with Crippen molar-refractivity contribution in [3.05, 3.63) is 42.5 Å². The van der Waals surface area contributed by atoms with Crippen LogP contribution in [0.2, 0.25) is 0 Å².